The molecule has 1 aliphatic carbocycles. The minimum Gasteiger partial charge on any atom is -0.497 e. The standard InChI is InChI=1S/C45H38ClN3O5S/c1-4-47-40-22-35(53-28-31-8-6-5-7-9-31)19-20-38(40)48(26-30-12-16-33(51-2)17-13-30)42(47)24-36-44(50)37(45(36)55)25-43-49(27-29-10-14-32(46)15-11-29)39-21-18-34(52-3)23-41(39)54-43/h5-25H,4,26-28H2,1-3H3/p+1. The molecule has 2 heterocycles. The van der Waals surface area contributed by atoms with Crippen molar-refractivity contribution in [3.05, 3.63) is 171 Å². The predicted octanol–water partition coefficient (Wildman–Crippen LogP) is 9.56. The summed E-state index contributed by atoms with van der Waals surface area (Å²) in [5.41, 5.74) is 7.74. The summed E-state index contributed by atoms with van der Waals surface area (Å²) in [6.07, 6.45) is 3.73. The third-order valence-electron chi connectivity index (χ3n) is 9.88. The largest absolute Gasteiger partial charge is 0.497 e. The normalized spacial score (nSPS) is 15.3. The van der Waals surface area contributed by atoms with Gasteiger partial charge in [0, 0.05) is 57.9 Å². The van der Waals surface area contributed by atoms with Crippen molar-refractivity contribution in [2.45, 2.75) is 26.6 Å². The molecule has 8 nitrogen and oxygen atoms in total. The summed E-state index contributed by atoms with van der Waals surface area (Å²) >= 11 is 11.1. The maximum atomic E-state index is 14.1. The number of rotatable bonds is 12. The molecular formula is C45H39ClN3O5S+. The van der Waals surface area contributed by atoms with Crippen LogP contribution in [0.4, 0.5) is 11.4 Å². The number of fused-ring (bicyclic) bond motifs is 2. The van der Waals surface area contributed by atoms with E-state index < -0.39 is 0 Å². The molecule has 10 heteroatoms. The van der Waals surface area contributed by atoms with Crippen LogP contribution in [0, 0.1) is 0 Å². The fraction of sp³-hybridized carbons (Fsp3) is 0.156. The van der Waals surface area contributed by atoms with Gasteiger partial charge in [-0.25, -0.2) is 0 Å². The zero-order valence-electron chi connectivity index (χ0n) is 30.7. The Morgan fingerprint density at radius 3 is 2.18 bits per heavy atom. The molecule has 5 aromatic carbocycles. The zero-order valence-corrected chi connectivity index (χ0v) is 32.3. The molecule has 0 spiro atoms. The molecule has 0 bridgehead atoms. The molecule has 0 saturated heterocycles. The van der Waals surface area contributed by atoms with E-state index in [0.717, 1.165) is 50.9 Å². The number of ether oxygens (including phenoxy) is 3. The Bertz CT molecular complexity index is 2490. The van der Waals surface area contributed by atoms with E-state index in [0.29, 0.717) is 64.5 Å². The van der Waals surface area contributed by atoms with Crippen molar-refractivity contribution in [3.63, 3.8) is 0 Å². The molecule has 0 radical (unpaired) electrons. The van der Waals surface area contributed by atoms with Crippen LogP contribution in [0.5, 0.6) is 17.2 Å². The summed E-state index contributed by atoms with van der Waals surface area (Å²) in [6, 6.07) is 37.7. The molecule has 0 atom stereocenters. The van der Waals surface area contributed by atoms with Crippen molar-refractivity contribution in [1.29, 1.82) is 0 Å². The van der Waals surface area contributed by atoms with Gasteiger partial charge in [0.25, 0.3) is 5.52 Å². The van der Waals surface area contributed by atoms with E-state index in [4.69, 9.17) is 42.9 Å². The monoisotopic (exact) mass is 768 g/mol. The lowest BCUT2D eigenvalue weighted by atomic mass is 9.89. The van der Waals surface area contributed by atoms with E-state index in [1.54, 1.807) is 20.3 Å². The number of allylic oxidation sites excluding steroid dienone is 3. The number of nitrogens with zero attached hydrogens (tertiary/aromatic N) is 3. The lowest BCUT2D eigenvalue weighted by molar-refractivity contribution is -0.669. The molecule has 1 aromatic heterocycles. The first-order valence-electron chi connectivity index (χ1n) is 18.0. The molecule has 0 unspecified atom stereocenters. The van der Waals surface area contributed by atoms with Gasteiger partial charge in [0.2, 0.25) is 5.58 Å². The number of Topliss-reactive ketones (excluding diaryl/α,β-unsaturated/α-hetero) is 1. The summed E-state index contributed by atoms with van der Waals surface area (Å²) in [5.74, 6) is 3.51. The number of thiol groups is 1. The van der Waals surface area contributed by atoms with Crippen LogP contribution in [0.25, 0.3) is 17.2 Å². The average Bonchev–Trinajstić information content (AvgIpc) is 3.71. The van der Waals surface area contributed by atoms with Crippen LogP contribution < -0.4 is 28.6 Å². The Labute approximate surface area is 330 Å². The smallest absolute Gasteiger partial charge is 0.375 e. The highest BCUT2D eigenvalue weighted by Crippen LogP contribution is 2.46. The number of benzene rings is 5. The van der Waals surface area contributed by atoms with Crippen LogP contribution >= 0.6 is 24.2 Å². The lowest BCUT2D eigenvalue weighted by Gasteiger charge is -2.27. The maximum absolute atomic E-state index is 14.1. The summed E-state index contributed by atoms with van der Waals surface area (Å²) in [6.45, 7) is 4.31. The average molecular weight is 769 g/mol. The van der Waals surface area contributed by atoms with Gasteiger partial charge in [0.15, 0.2) is 12.3 Å². The summed E-state index contributed by atoms with van der Waals surface area (Å²) < 4.78 is 25.5. The number of ketones is 1. The van der Waals surface area contributed by atoms with E-state index in [2.05, 4.69) is 53.1 Å². The summed E-state index contributed by atoms with van der Waals surface area (Å²) in [5, 5.41) is 0.663. The van der Waals surface area contributed by atoms with Gasteiger partial charge < -0.3 is 28.4 Å². The first-order valence-corrected chi connectivity index (χ1v) is 18.8. The molecule has 0 N–H and O–H groups in total. The minimum absolute atomic E-state index is 0.114. The molecule has 0 amide bonds. The Morgan fingerprint density at radius 1 is 0.764 bits per heavy atom. The molecule has 2 aliphatic rings. The molecule has 1 aliphatic heterocycles. The van der Waals surface area contributed by atoms with Crippen LogP contribution in [0.1, 0.15) is 29.5 Å². The SMILES string of the molecule is CCN1/C(=C/C2=C(S)C(=C\c3oc4cc(OC)ccc4[n+]3Cc3ccc(Cl)cc3)/C2=O)N(Cc2ccc(OC)cc2)c2ccc(OCc3ccccc3)cc21. The van der Waals surface area contributed by atoms with Gasteiger partial charge in [-0.15, -0.1) is 12.6 Å². The fourth-order valence-corrected chi connectivity index (χ4v) is 7.42. The second-order valence-corrected chi connectivity index (χ2v) is 14.1. The van der Waals surface area contributed by atoms with Crippen LogP contribution in [-0.4, -0.2) is 26.5 Å². The Hall–Kier alpha value is -5.90. The maximum Gasteiger partial charge on any atom is 0.375 e. The van der Waals surface area contributed by atoms with E-state index in [1.165, 1.54) is 0 Å². The zero-order chi connectivity index (χ0) is 38.1. The van der Waals surface area contributed by atoms with Gasteiger partial charge >= 0.3 is 5.89 Å². The number of carbonyl (C=O) groups is 1. The van der Waals surface area contributed by atoms with Gasteiger partial charge in [-0.1, -0.05) is 66.2 Å². The highest BCUT2D eigenvalue weighted by Gasteiger charge is 2.37. The fourth-order valence-electron chi connectivity index (χ4n) is 6.96. The lowest BCUT2D eigenvalue weighted by Crippen LogP contribution is -2.36. The molecule has 276 valence electrons. The molecule has 0 fully saturated rings. The third-order valence-corrected chi connectivity index (χ3v) is 10.6. The number of carbonyl (C=O) groups excluding carboxylic acids is 1. The van der Waals surface area contributed by atoms with E-state index in [9.17, 15) is 4.79 Å². The third kappa shape index (κ3) is 7.21. The quantitative estimate of drug-likeness (QED) is 0.0756. The second kappa shape index (κ2) is 15.5. The number of anilines is 2. The van der Waals surface area contributed by atoms with Crippen LogP contribution in [0.3, 0.4) is 0 Å². The van der Waals surface area contributed by atoms with Crippen molar-refractivity contribution in [1.82, 2.24) is 0 Å². The molecule has 8 rings (SSSR count). The van der Waals surface area contributed by atoms with Gasteiger partial charge in [-0.2, -0.15) is 4.57 Å². The molecular weight excluding hydrogens is 730 g/mol. The second-order valence-electron chi connectivity index (χ2n) is 13.2. The summed E-state index contributed by atoms with van der Waals surface area (Å²) in [4.78, 5) is 19.1. The van der Waals surface area contributed by atoms with E-state index >= 15 is 0 Å². The Morgan fingerprint density at radius 2 is 1.47 bits per heavy atom. The highest BCUT2D eigenvalue weighted by molar-refractivity contribution is 7.85. The van der Waals surface area contributed by atoms with Crippen LogP contribution in [0.2, 0.25) is 5.02 Å². The first kappa shape index (κ1) is 36.1. The summed E-state index contributed by atoms with van der Waals surface area (Å²) in [7, 11) is 3.28. The number of hydrogen-bond donors (Lipinski definition) is 1. The van der Waals surface area contributed by atoms with Crippen molar-refractivity contribution < 1.29 is 28.0 Å². The highest BCUT2D eigenvalue weighted by atomic mass is 35.5. The first-order chi connectivity index (χ1) is 26.8. The van der Waals surface area contributed by atoms with Gasteiger partial charge in [0.1, 0.15) is 29.7 Å². The van der Waals surface area contributed by atoms with Crippen molar-refractivity contribution in [2.24, 2.45) is 0 Å². The molecule has 6 aromatic rings. The number of methoxy groups -OCH3 is 2. The molecule has 0 saturated carbocycles. The van der Waals surface area contributed by atoms with Crippen molar-refractivity contribution >= 4 is 58.6 Å². The van der Waals surface area contributed by atoms with Gasteiger partial charge in [-0.05, 0) is 66.6 Å². The Balaban J connectivity index is 1.16. The topological polar surface area (TPSA) is 68.3 Å². The number of halogens is 1. The van der Waals surface area contributed by atoms with Crippen LogP contribution in [0.15, 0.2) is 148 Å². The van der Waals surface area contributed by atoms with E-state index in [1.807, 2.05) is 89.5 Å². The number of aromatic nitrogens is 1. The van der Waals surface area contributed by atoms with E-state index in [-0.39, 0.29) is 5.78 Å². The van der Waals surface area contributed by atoms with Crippen LogP contribution in [-0.2, 0) is 24.5 Å². The minimum atomic E-state index is -0.114. The van der Waals surface area contributed by atoms with Gasteiger partial charge in [0.05, 0.1) is 31.7 Å². The predicted molar refractivity (Wildman–Crippen MR) is 220 cm³/mol. The number of hydrogen-bond acceptors (Lipinski definition) is 8. The number of oxazole rings is 1. The molecule has 55 heavy (non-hydrogen) atoms. The Kier molecular flexibility index (Phi) is 10.1. The van der Waals surface area contributed by atoms with Crippen molar-refractivity contribution in [3.8, 4) is 17.2 Å². The van der Waals surface area contributed by atoms with Crippen molar-refractivity contribution in [2.75, 3.05) is 30.6 Å². The van der Waals surface area contributed by atoms with Gasteiger partial charge in [-0.3, -0.25) is 4.79 Å².